The minimum atomic E-state index is -0.169. The summed E-state index contributed by atoms with van der Waals surface area (Å²) < 4.78 is 12.1. The van der Waals surface area contributed by atoms with Crippen LogP contribution in [0.5, 0.6) is 0 Å². The monoisotopic (exact) mass is 407 g/mol. The van der Waals surface area contributed by atoms with Gasteiger partial charge in [-0.2, -0.15) is 0 Å². The highest BCUT2D eigenvalue weighted by Crippen LogP contribution is 2.53. The van der Waals surface area contributed by atoms with Gasteiger partial charge in [-0.15, -0.1) is 0 Å². The van der Waals surface area contributed by atoms with E-state index in [0.717, 1.165) is 31.3 Å². The summed E-state index contributed by atoms with van der Waals surface area (Å²) in [7, 11) is 0. The zero-order valence-corrected chi connectivity index (χ0v) is 18.6. The molecule has 2 aliphatic carbocycles. The Balaban J connectivity index is 1.65. The number of carbonyl (C=O) groups is 1. The van der Waals surface area contributed by atoms with Crippen LogP contribution in [0.25, 0.3) is 0 Å². The summed E-state index contributed by atoms with van der Waals surface area (Å²) in [6.07, 6.45) is 7.45. The molecule has 0 bridgehead atoms. The van der Waals surface area contributed by atoms with Crippen LogP contribution in [0.1, 0.15) is 70.5 Å². The lowest BCUT2D eigenvalue weighted by atomic mass is 9.67. The zero-order valence-electron chi connectivity index (χ0n) is 18.6. The summed E-state index contributed by atoms with van der Waals surface area (Å²) in [6.45, 7) is 9.23. The van der Waals surface area contributed by atoms with E-state index in [1.165, 1.54) is 28.7 Å². The predicted octanol–water partition coefficient (Wildman–Crippen LogP) is 5.10. The number of carbonyl (C=O) groups excluding carboxylic acids is 1. The molecule has 0 N–H and O–H groups in total. The fourth-order valence-electron chi connectivity index (χ4n) is 6.43. The standard InChI is InChI=1S/C26H33NO3/c1-5-29-25(28)19-12-13-21-27(24(19)22-16(2)9-8-14-26(22,3)4)23-18-11-7-6-10-17(18)15-20(23)30-21/h6-7,10-12,20-21,23-24H,5,8-9,13-15H2,1-4H3/t20-,21-,23+,24+/m1/s1. The first-order valence-electron chi connectivity index (χ1n) is 11.5. The number of nitrogens with zero attached hydrogens (tertiary/aromatic N) is 1. The van der Waals surface area contributed by atoms with Gasteiger partial charge < -0.3 is 9.47 Å². The van der Waals surface area contributed by atoms with Crippen LogP contribution in [0.4, 0.5) is 0 Å². The van der Waals surface area contributed by atoms with E-state index in [1.807, 2.05) is 6.92 Å². The molecule has 1 aromatic rings. The Kier molecular flexibility index (Phi) is 4.90. The van der Waals surface area contributed by atoms with Crippen LogP contribution in [-0.4, -0.2) is 35.8 Å². The minimum absolute atomic E-state index is 0.0227. The van der Waals surface area contributed by atoms with Crippen molar-refractivity contribution >= 4 is 5.97 Å². The van der Waals surface area contributed by atoms with Gasteiger partial charge in [0.2, 0.25) is 0 Å². The summed E-state index contributed by atoms with van der Waals surface area (Å²) in [5, 5.41) is 0. The molecule has 0 unspecified atom stereocenters. The van der Waals surface area contributed by atoms with E-state index in [-0.39, 0.29) is 35.8 Å². The zero-order chi connectivity index (χ0) is 21.0. The lowest BCUT2D eigenvalue weighted by Crippen LogP contribution is -2.50. The van der Waals surface area contributed by atoms with Crippen molar-refractivity contribution in [1.29, 1.82) is 0 Å². The third kappa shape index (κ3) is 2.99. The number of rotatable bonds is 3. The largest absolute Gasteiger partial charge is 0.463 e. The first-order valence-corrected chi connectivity index (χ1v) is 11.5. The van der Waals surface area contributed by atoms with Gasteiger partial charge in [0.05, 0.1) is 30.4 Å². The Bertz CT molecular complexity index is 928. The molecular formula is C26H33NO3. The van der Waals surface area contributed by atoms with Gasteiger partial charge in [-0.3, -0.25) is 4.90 Å². The lowest BCUT2D eigenvalue weighted by molar-refractivity contribution is -0.140. The second kappa shape index (κ2) is 7.35. The highest BCUT2D eigenvalue weighted by Gasteiger charge is 2.55. The van der Waals surface area contributed by atoms with Crippen LogP contribution in [0.2, 0.25) is 0 Å². The van der Waals surface area contributed by atoms with E-state index in [0.29, 0.717) is 6.61 Å². The first-order chi connectivity index (χ1) is 14.4. The highest BCUT2D eigenvalue weighted by molar-refractivity contribution is 5.91. The highest BCUT2D eigenvalue weighted by atomic mass is 16.5. The van der Waals surface area contributed by atoms with Crippen LogP contribution < -0.4 is 0 Å². The van der Waals surface area contributed by atoms with Gasteiger partial charge in [0.15, 0.2) is 0 Å². The molecule has 160 valence electrons. The Labute approximate surface area is 179 Å². The second-order valence-corrected chi connectivity index (χ2v) is 9.87. The molecule has 4 nitrogen and oxygen atoms in total. The maximum Gasteiger partial charge on any atom is 0.335 e. The minimum Gasteiger partial charge on any atom is -0.463 e. The molecule has 1 fully saturated rings. The molecule has 4 heteroatoms. The Hall–Kier alpha value is -1.91. The molecule has 1 aromatic carbocycles. The topological polar surface area (TPSA) is 38.8 Å². The first kappa shape index (κ1) is 20.0. The predicted molar refractivity (Wildman–Crippen MR) is 117 cm³/mol. The smallest absolute Gasteiger partial charge is 0.335 e. The third-order valence-corrected chi connectivity index (χ3v) is 7.59. The van der Waals surface area contributed by atoms with Crippen molar-refractivity contribution < 1.29 is 14.3 Å². The average molecular weight is 408 g/mol. The summed E-state index contributed by atoms with van der Waals surface area (Å²) in [4.78, 5) is 15.6. The van der Waals surface area contributed by atoms with E-state index in [4.69, 9.17) is 9.47 Å². The normalized spacial score (nSPS) is 32.3. The number of hydrogen-bond donors (Lipinski definition) is 0. The van der Waals surface area contributed by atoms with Crippen molar-refractivity contribution in [3.8, 4) is 0 Å². The van der Waals surface area contributed by atoms with E-state index < -0.39 is 0 Å². The van der Waals surface area contributed by atoms with Crippen LogP contribution in [0.15, 0.2) is 47.1 Å². The van der Waals surface area contributed by atoms with Gasteiger partial charge in [-0.05, 0) is 55.2 Å². The van der Waals surface area contributed by atoms with Gasteiger partial charge in [0.1, 0.15) is 6.23 Å². The van der Waals surface area contributed by atoms with E-state index in [2.05, 4.69) is 56.0 Å². The van der Waals surface area contributed by atoms with Crippen LogP contribution >= 0.6 is 0 Å². The number of ether oxygens (including phenoxy) is 2. The quantitative estimate of drug-likeness (QED) is 0.516. The molecule has 5 rings (SSSR count). The molecule has 2 heterocycles. The summed E-state index contributed by atoms with van der Waals surface area (Å²) >= 11 is 0. The average Bonchev–Trinajstić information content (AvgIpc) is 3.23. The van der Waals surface area contributed by atoms with E-state index in [9.17, 15) is 4.79 Å². The number of hydrogen-bond acceptors (Lipinski definition) is 4. The van der Waals surface area contributed by atoms with Crippen LogP contribution in [-0.2, 0) is 20.7 Å². The molecule has 0 aromatic heterocycles. The maximum atomic E-state index is 13.1. The maximum absolute atomic E-state index is 13.1. The van der Waals surface area contributed by atoms with Crippen molar-refractivity contribution in [2.75, 3.05) is 6.61 Å². The number of benzene rings is 1. The molecule has 4 aliphatic rings. The fourth-order valence-corrected chi connectivity index (χ4v) is 6.43. The van der Waals surface area contributed by atoms with Gasteiger partial charge in [0.25, 0.3) is 0 Å². The molecule has 0 saturated carbocycles. The molecule has 0 spiro atoms. The van der Waals surface area contributed by atoms with Crippen molar-refractivity contribution in [3.05, 3.63) is 58.2 Å². The summed E-state index contributed by atoms with van der Waals surface area (Å²) in [5.41, 5.74) is 6.45. The molecule has 0 radical (unpaired) electrons. The Morgan fingerprint density at radius 2 is 2.10 bits per heavy atom. The number of allylic oxidation sites excluding steroid dienone is 1. The van der Waals surface area contributed by atoms with E-state index >= 15 is 0 Å². The van der Waals surface area contributed by atoms with Gasteiger partial charge >= 0.3 is 5.97 Å². The van der Waals surface area contributed by atoms with Crippen molar-refractivity contribution in [1.82, 2.24) is 4.90 Å². The number of esters is 1. The summed E-state index contributed by atoms with van der Waals surface area (Å²) in [5.74, 6) is -0.169. The molecule has 30 heavy (non-hydrogen) atoms. The van der Waals surface area contributed by atoms with Gasteiger partial charge in [-0.1, -0.05) is 49.8 Å². The lowest BCUT2D eigenvalue weighted by Gasteiger charge is -2.47. The second-order valence-electron chi connectivity index (χ2n) is 9.87. The molecule has 1 saturated heterocycles. The molecule has 0 amide bonds. The fraction of sp³-hybridized carbons (Fsp3) is 0.577. The molecular weight excluding hydrogens is 374 g/mol. The van der Waals surface area contributed by atoms with Crippen molar-refractivity contribution in [3.63, 3.8) is 0 Å². The third-order valence-electron chi connectivity index (χ3n) is 7.59. The van der Waals surface area contributed by atoms with Crippen LogP contribution in [0.3, 0.4) is 0 Å². The summed E-state index contributed by atoms with van der Waals surface area (Å²) in [6, 6.07) is 8.85. The van der Waals surface area contributed by atoms with Crippen LogP contribution in [0, 0.1) is 5.41 Å². The Morgan fingerprint density at radius 3 is 2.87 bits per heavy atom. The van der Waals surface area contributed by atoms with Gasteiger partial charge in [-0.25, -0.2) is 4.79 Å². The van der Waals surface area contributed by atoms with E-state index in [1.54, 1.807) is 0 Å². The van der Waals surface area contributed by atoms with Crippen molar-refractivity contribution in [2.45, 2.75) is 84.2 Å². The Morgan fingerprint density at radius 1 is 1.30 bits per heavy atom. The van der Waals surface area contributed by atoms with Gasteiger partial charge in [0, 0.05) is 12.8 Å². The molecule has 2 aliphatic heterocycles. The van der Waals surface area contributed by atoms with Crippen molar-refractivity contribution in [2.24, 2.45) is 5.41 Å². The number of fused-ring (bicyclic) bond motifs is 5. The SMILES string of the molecule is CCOC(=O)C1=CC[C@H]2O[C@@H]3Cc4ccccc4[C@@H]3N2[C@@H]1C1=C(C)CCCC1(C)C. The molecule has 4 atom stereocenters.